The number of thiophene rings is 1. The molecule has 0 unspecified atom stereocenters. The average Bonchev–Trinajstić information content (AvgIpc) is 2.73. The second-order valence-corrected chi connectivity index (χ2v) is 5.80. The molecule has 0 atom stereocenters. The maximum Gasteiger partial charge on any atom is 0.265 e. The third-order valence-corrected chi connectivity index (χ3v) is 3.89. The van der Waals surface area contributed by atoms with Gasteiger partial charge in [-0.2, -0.15) is 0 Å². The van der Waals surface area contributed by atoms with E-state index in [1.165, 1.54) is 11.3 Å². The SMILES string of the molecule is Cc1cc(NC(=O)c2ccc(Cl)s2)c(C)cc1N. The van der Waals surface area contributed by atoms with Gasteiger partial charge in [0.2, 0.25) is 0 Å². The van der Waals surface area contributed by atoms with Gasteiger partial charge >= 0.3 is 0 Å². The number of amides is 1. The molecule has 3 nitrogen and oxygen atoms in total. The van der Waals surface area contributed by atoms with E-state index >= 15 is 0 Å². The highest BCUT2D eigenvalue weighted by molar-refractivity contribution is 7.18. The Morgan fingerprint density at radius 2 is 2.00 bits per heavy atom. The smallest absolute Gasteiger partial charge is 0.265 e. The maximum absolute atomic E-state index is 12.0. The number of nitrogens with one attached hydrogen (secondary N) is 1. The monoisotopic (exact) mass is 280 g/mol. The van der Waals surface area contributed by atoms with Crippen LogP contribution in [0.25, 0.3) is 0 Å². The van der Waals surface area contributed by atoms with Gasteiger partial charge in [0.05, 0.1) is 9.21 Å². The highest BCUT2D eigenvalue weighted by Crippen LogP contribution is 2.25. The molecule has 5 heteroatoms. The van der Waals surface area contributed by atoms with Gasteiger partial charge in [-0.05, 0) is 49.2 Å². The molecule has 0 spiro atoms. The molecule has 1 heterocycles. The van der Waals surface area contributed by atoms with Crippen LogP contribution in [-0.4, -0.2) is 5.91 Å². The Morgan fingerprint density at radius 1 is 1.28 bits per heavy atom. The zero-order valence-corrected chi connectivity index (χ0v) is 11.7. The van der Waals surface area contributed by atoms with E-state index in [9.17, 15) is 4.79 Å². The van der Waals surface area contributed by atoms with Gasteiger partial charge in [-0.1, -0.05) is 11.6 Å². The molecule has 0 saturated carbocycles. The Balaban J connectivity index is 2.24. The predicted octanol–water partition coefficient (Wildman–Crippen LogP) is 3.85. The Bertz CT molecular complexity index is 607. The van der Waals surface area contributed by atoms with Crippen LogP contribution in [0.1, 0.15) is 20.8 Å². The number of benzene rings is 1. The quantitative estimate of drug-likeness (QED) is 0.821. The topological polar surface area (TPSA) is 55.1 Å². The number of carbonyl (C=O) groups excluding carboxylic acids is 1. The Morgan fingerprint density at radius 3 is 2.61 bits per heavy atom. The van der Waals surface area contributed by atoms with Crippen LogP contribution in [0.3, 0.4) is 0 Å². The van der Waals surface area contributed by atoms with Crippen molar-refractivity contribution in [3.8, 4) is 0 Å². The Labute approximate surface area is 115 Å². The molecule has 1 amide bonds. The number of carbonyl (C=O) groups is 1. The molecule has 1 aromatic carbocycles. The lowest BCUT2D eigenvalue weighted by molar-refractivity contribution is 0.103. The van der Waals surface area contributed by atoms with Crippen LogP contribution in [0.2, 0.25) is 4.34 Å². The molecule has 2 rings (SSSR count). The summed E-state index contributed by atoms with van der Waals surface area (Å²) < 4.78 is 0.602. The van der Waals surface area contributed by atoms with E-state index in [2.05, 4.69) is 5.32 Å². The van der Waals surface area contributed by atoms with Gasteiger partial charge in [0.25, 0.3) is 5.91 Å². The molecule has 0 radical (unpaired) electrons. The van der Waals surface area contributed by atoms with Gasteiger partial charge in [-0.15, -0.1) is 11.3 Å². The van der Waals surface area contributed by atoms with Crippen molar-refractivity contribution >= 4 is 40.2 Å². The van der Waals surface area contributed by atoms with Crippen LogP contribution in [0.5, 0.6) is 0 Å². The van der Waals surface area contributed by atoms with E-state index < -0.39 is 0 Å². The van der Waals surface area contributed by atoms with Crippen LogP contribution >= 0.6 is 22.9 Å². The number of aryl methyl sites for hydroxylation is 2. The number of nitrogens with two attached hydrogens (primary N) is 1. The molecule has 18 heavy (non-hydrogen) atoms. The van der Waals surface area contributed by atoms with Crippen molar-refractivity contribution in [1.29, 1.82) is 0 Å². The largest absolute Gasteiger partial charge is 0.399 e. The lowest BCUT2D eigenvalue weighted by Crippen LogP contribution is -2.11. The van der Waals surface area contributed by atoms with Gasteiger partial charge in [0.1, 0.15) is 0 Å². The van der Waals surface area contributed by atoms with Crippen molar-refractivity contribution in [3.63, 3.8) is 0 Å². The first-order chi connectivity index (χ1) is 8.47. The molecule has 0 fully saturated rings. The van der Waals surface area contributed by atoms with Crippen LogP contribution in [0.15, 0.2) is 24.3 Å². The lowest BCUT2D eigenvalue weighted by atomic mass is 10.1. The molecule has 2 aromatic rings. The predicted molar refractivity (Wildman–Crippen MR) is 77.6 cm³/mol. The minimum Gasteiger partial charge on any atom is -0.399 e. The van der Waals surface area contributed by atoms with Crippen molar-refractivity contribution in [1.82, 2.24) is 0 Å². The highest BCUT2D eigenvalue weighted by atomic mass is 35.5. The third kappa shape index (κ3) is 2.66. The molecular formula is C13H13ClN2OS. The van der Waals surface area contributed by atoms with E-state index in [4.69, 9.17) is 17.3 Å². The standard InChI is InChI=1S/C13H13ClN2OS/c1-7-6-10(8(2)5-9(7)15)16-13(17)11-3-4-12(14)18-11/h3-6H,15H2,1-2H3,(H,16,17). The van der Waals surface area contributed by atoms with Crippen molar-refractivity contribution in [3.05, 3.63) is 44.6 Å². The van der Waals surface area contributed by atoms with Gasteiger partial charge in [-0.25, -0.2) is 0 Å². The van der Waals surface area contributed by atoms with E-state index in [1.807, 2.05) is 26.0 Å². The summed E-state index contributed by atoms with van der Waals surface area (Å²) in [5, 5.41) is 2.87. The molecule has 0 aliphatic rings. The van der Waals surface area contributed by atoms with Gasteiger partial charge < -0.3 is 11.1 Å². The molecule has 0 aliphatic carbocycles. The zero-order chi connectivity index (χ0) is 13.3. The number of rotatable bonds is 2. The molecule has 0 bridgehead atoms. The molecular weight excluding hydrogens is 268 g/mol. The van der Waals surface area contributed by atoms with Crippen molar-refractivity contribution < 1.29 is 4.79 Å². The van der Waals surface area contributed by atoms with Crippen LogP contribution in [0.4, 0.5) is 11.4 Å². The lowest BCUT2D eigenvalue weighted by Gasteiger charge is -2.10. The molecule has 94 valence electrons. The minimum atomic E-state index is -0.154. The van der Waals surface area contributed by atoms with E-state index in [1.54, 1.807) is 12.1 Å². The first-order valence-corrected chi connectivity index (χ1v) is 6.60. The fraction of sp³-hybridized carbons (Fsp3) is 0.154. The highest BCUT2D eigenvalue weighted by Gasteiger charge is 2.11. The fourth-order valence-corrected chi connectivity index (χ4v) is 2.53. The van der Waals surface area contributed by atoms with E-state index in [0.29, 0.717) is 9.21 Å². The summed E-state index contributed by atoms with van der Waals surface area (Å²) in [4.78, 5) is 12.6. The first kappa shape index (κ1) is 12.9. The summed E-state index contributed by atoms with van der Waals surface area (Å²) >= 11 is 7.06. The second-order valence-electron chi connectivity index (χ2n) is 4.08. The average molecular weight is 281 g/mol. The second kappa shape index (κ2) is 5.00. The minimum absolute atomic E-state index is 0.154. The molecule has 3 N–H and O–H groups in total. The fourth-order valence-electron chi connectivity index (χ4n) is 1.59. The normalized spacial score (nSPS) is 10.4. The number of anilines is 2. The third-order valence-electron chi connectivity index (χ3n) is 2.66. The summed E-state index contributed by atoms with van der Waals surface area (Å²) in [7, 11) is 0. The summed E-state index contributed by atoms with van der Waals surface area (Å²) in [6.45, 7) is 3.82. The van der Waals surface area contributed by atoms with Gasteiger partial charge in [0.15, 0.2) is 0 Å². The van der Waals surface area contributed by atoms with Crippen LogP contribution in [-0.2, 0) is 0 Å². The van der Waals surface area contributed by atoms with Crippen molar-refractivity contribution in [2.45, 2.75) is 13.8 Å². The summed E-state index contributed by atoms with van der Waals surface area (Å²) in [6, 6.07) is 7.15. The summed E-state index contributed by atoms with van der Waals surface area (Å²) in [5.74, 6) is -0.154. The number of nitrogen functional groups attached to an aromatic ring is 1. The summed E-state index contributed by atoms with van der Waals surface area (Å²) in [6.07, 6.45) is 0. The molecule has 0 aliphatic heterocycles. The van der Waals surface area contributed by atoms with Gasteiger partial charge in [0, 0.05) is 11.4 Å². The van der Waals surface area contributed by atoms with Crippen molar-refractivity contribution in [2.75, 3.05) is 11.1 Å². The molecule has 0 saturated heterocycles. The van der Waals surface area contributed by atoms with Crippen LogP contribution < -0.4 is 11.1 Å². The number of hydrogen-bond acceptors (Lipinski definition) is 3. The Hall–Kier alpha value is -1.52. The van der Waals surface area contributed by atoms with Gasteiger partial charge in [-0.3, -0.25) is 4.79 Å². The van der Waals surface area contributed by atoms with Crippen molar-refractivity contribution in [2.24, 2.45) is 0 Å². The zero-order valence-electron chi connectivity index (χ0n) is 10.1. The number of halogens is 1. The first-order valence-electron chi connectivity index (χ1n) is 5.41. The number of hydrogen-bond donors (Lipinski definition) is 2. The Kier molecular flexibility index (Phi) is 3.59. The maximum atomic E-state index is 12.0. The molecule has 1 aromatic heterocycles. The van der Waals surface area contributed by atoms with Crippen LogP contribution in [0, 0.1) is 13.8 Å². The summed E-state index contributed by atoms with van der Waals surface area (Å²) in [5.41, 5.74) is 9.19. The van der Waals surface area contributed by atoms with E-state index in [-0.39, 0.29) is 5.91 Å². The van der Waals surface area contributed by atoms with E-state index in [0.717, 1.165) is 22.5 Å².